The summed E-state index contributed by atoms with van der Waals surface area (Å²) in [5.74, 6) is -0.107. The third-order valence-corrected chi connectivity index (χ3v) is 9.53. The van der Waals surface area contributed by atoms with E-state index >= 15 is 0 Å². The Balaban J connectivity index is 0.000000376. The summed E-state index contributed by atoms with van der Waals surface area (Å²) in [4.78, 5) is 15.7. The maximum Gasteiger partial charge on any atom is 0.161 e. The smallest absolute Gasteiger partial charge is 0.161 e. The van der Waals surface area contributed by atoms with E-state index in [1.807, 2.05) is 33.9 Å². The Morgan fingerprint density at radius 2 is 1.56 bits per heavy atom. The molecule has 1 heterocycles. The minimum atomic E-state index is -0.268. The molecule has 1 N–H and O–H groups in total. The van der Waals surface area contributed by atoms with Gasteiger partial charge in [-0.1, -0.05) is 104 Å². The summed E-state index contributed by atoms with van der Waals surface area (Å²) in [5.41, 5.74) is 7.28. The van der Waals surface area contributed by atoms with Crippen LogP contribution >= 0.6 is 0 Å². The van der Waals surface area contributed by atoms with Gasteiger partial charge in [-0.25, -0.2) is 4.39 Å². The number of rotatable bonds is 10. The van der Waals surface area contributed by atoms with Crippen molar-refractivity contribution in [3.05, 3.63) is 114 Å². The van der Waals surface area contributed by atoms with Crippen LogP contribution in [0.3, 0.4) is 0 Å². The molecule has 48 heavy (non-hydrogen) atoms. The van der Waals surface area contributed by atoms with E-state index in [0.29, 0.717) is 5.56 Å². The number of aliphatic hydroxyl groups is 1. The average molecular weight is 821 g/mol. The topological polar surface area (TPSA) is 50.2 Å². The van der Waals surface area contributed by atoms with E-state index in [4.69, 9.17) is 0 Å². The van der Waals surface area contributed by atoms with Crippen molar-refractivity contribution in [1.82, 2.24) is 4.98 Å². The van der Waals surface area contributed by atoms with Crippen LogP contribution in [0.1, 0.15) is 91.2 Å². The molecule has 0 amide bonds. The number of aliphatic hydroxyl groups excluding tert-OH is 1. The molecule has 4 aromatic carbocycles. The second kappa shape index (κ2) is 16.2. The molecular formula is C43H47FIrNO2-. The van der Waals surface area contributed by atoms with Gasteiger partial charge in [0.2, 0.25) is 0 Å². The first-order valence-electron chi connectivity index (χ1n) is 17.2. The zero-order valence-electron chi connectivity index (χ0n) is 29.0. The van der Waals surface area contributed by atoms with Gasteiger partial charge in [-0.2, -0.15) is 0 Å². The fourth-order valence-corrected chi connectivity index (χ4v) is 6.83. The number of unbranched alkanes of at least 4 members (excludes halogenated alkanes) is 2. The van der Waals surface area contributed by atoms with Gasteiger partial charge in [0.25, 0.3) is 0 Å². The van der Waals surface area contributed by atoms with Gasteiger partial charge >= 0.3 is 0 Å². The Hall–Kier alpha value is -3.66. The third kappa shape index (κ3) is 7.48. The van der Waals surface area contributed by atoms with E-state index in [0.717, 1.165) is 16.5 Å². The summed E-state index contributed by atoms with van der Waals surface area (Å²) >= 11 is 0. The van der Waals surface area contributed by atoms with E-state index in [9.17, 15) is 14.3 Å². The average Bonchev–Trinajstić information content (AvgIpc) is 3.33. The number of benzene rings is 4. The number of hydrogen-bond acceptors (Lipinski definition) is 3. The second-order valence-corrected chi connectivity index (χ2v) is 13.5. The van der Waals surface area contributed by atoms with Crippen molar-refractivity contribution in [2.45, 2.75) is 85.5 Å². The van der Waals surface area contributed by atoms with Crippen molar-refractivity contribution in [2.75, 3.05) is 0 Å². The van der Waals surface area contributed by atoms with Crippen molar-refractivity contribution in [3.8, 4) is 22.4 Å². The number of hydrogen-bond donors (Lipinski definition) is 1. The standard InChI is InChI=1S/C34H31FN.C9H16O2.Ir/c1-3-5-17-34(18-6-4-2)31-13-8-7-12-27(31)30-21-23-14-15-28-26(29(23)22-32(30)34)16-19-36-33(28)24-10-9-11-25(35)20-24;1-6(2)8(10)5-9(11)7(3)4;/h7-9,11-16,19-22H,3-6,17-18H2,1-2H3;5-7,10H,1-4H3;/q-1;;/b;8-5-;. The number of pyridine rings is 1. The van der Waals surface area contributed by atoms with E-state index in [-0.39, 0.29) is 54.7 Å². The number of carbonyl (C=O) groups excluding carboxylic acids is 1. The van der Waals surface area contributed by atoms with Crippen molar-refractivity contribution >= 4 is 27.3 Å². The molecule has 0 fully saturated rings. The van der Waals surface area contributed by atoms with Gasteiger partial charge in [0.05, 0.1) is 5.76 Å². The monoisotopic (exact) mass is 821 g/mol. The summed E-state index contributed by atoms with van der Waals surface area (Å²) in [7, 11) is 0. The third-order valence-electron chi connectivity index (χ3n) is 9.53. The second-order valence-electron chi connectivity index (χ2n) is 13.5. The minimum Gasteiger partial charge on any atom is -0.512 e. The number of allylic oxidation sites excluding steroid dienone is 2. The molecule has 1 aromatic heterocycles. The Kier molecular flexibility index (Phi) is 12.5. The minimum absolute atomic E-state index is 0. The fourth-order valence-electron chi connectivity index (χ4n) is 6.83. The Labute approximate surface area is 299 Å². The van der Waals surface area contributed by atoms with Crippen molar-refractivity contribution < 1.29 is 34.4 Å². The number of nitrogens with zero attached hydrogens (tertiary/aromatic N) is 1. The molecule has 6 rings (SSSR count). The number of ketones is 1. The molecule has 0 unspecified atom stereocenters. The van der Waals surface area contributed by atoms with Crippen LogP contribution in [0, 0.1) is 23.7 Å². The molecule has 0 bridgehead atoms. The molecule has 3 nitrogen and oxygen atoms in total. The number of aromatic nitrogens is 1. The Bertz CT molecular complexity index is 1920. The molecule has 253 valence electrons. The van der Waals surface area contributed by atoms with Crippen molar-refractivity contribution in [1.29, 1.82) is 0 Å². The predicted octanol–water partition coefficient (Wildman–Crippen LogP) is 11.9. The molecule has 0 saturated carbocycles. The van der Waals surface area contributed by atoms with Crippen LogP contribution in [-0.4, -0.2) is 15.9 Å². The Morgan fingerprint density at radius 3 is 2.21 bits per heavy atom. The van der Waals surface area contributed by atoms with Crippen LogP contribution in [-0.2, 0) is 30.3 Å². The molecule has 1 aliphatic rings. The molecule has 1 radical (unpaired) electrons. The number of carbonyl (C=O) groups is 1. The summed E-state index contributed by atoms with van der Waals surface area (Å²) < 4.78 is 14.0. The van der Waals surface area contributed by atoms with E-state index in [1.165, 1.54) is 89.8 Å². The predicted molar refractivity (Wildman–Crippen MR) is 194 cm³/mol. The zero-order valence-corrected chi connectivity index (χ0v) is 31.4. The van der Waals surface area contributed by atoms with Gasteiger partial charge < -0.3 is 10.1 Å². The molecule has 0 aliphatic heterocycles. The molecule has 5 heteroatoms. The molecule has 1 aliphatic carbocycles. The Morgan fingerprint density at radius 1 is 0.854 bits per heavy atom. The first-order valence-corrected chi connectivity index (χ1v) is 17.2. The van der Waals surface area contributed by atoms with Gasteiger partial charge in [0.1, 0.15) is 0 Å². The van der Waals surface area contributed by atoms with Gasteiger partial charge in [-0.15, -0.1) is 29.8 Å². The maximum atomic E-state index is 14.0. The van der Waals surface area contributed by atoms with Gasteiger partial charge in [-0.3, -0.25) is 4.79 Å². The molecule has 0 saturated heterocycles. The van der Waals surface area contributed by atoms with Crippen molar-refractivity contribution in [3.63, 3.8) is 0 Å². The van der Waals surface area contributed by atoms with E-state index in [1.54, 1.807) is 6.07 Å². The zero-order chi connectivity index (χ0) is 33.7. The van der Waals surface area contributed by atoms with Crippen LogP contribution in [0.25, 0.3) is 43.9 Å². The van der Waals surface area contributed by atoms with Crippen LogP contribution in [0.5, 0.6) is 0 Å². The van der Waals surface area contributed by atoms with Crippen LogP contribution in [0.15, 0.2) is 90.8 Å². The van der Waals surface area contributed by atoms with Crippen molar-refractivity contribution in [2.24, 2.45) is 11.8 Å². The molecular weight excluding hydrogens is 774 g/mol. The first kappa shape index (κ1) is 37.2. The summed E-state index contributed by atoms with van der Waals surface area (Å²) in [6, 6.07) is 28.1. The fraction of sp³-hybridized carbons (Fsp3) is 0.349. The van der Waals surface area contributed by atoms with Gasteiger partial charge in [0, 0.05) is 55.4 Å². The van der Waals surface area contributed by atoms with Crippen LogP contribution in [0.2, 0.25) is 0 Å². The summed E-state index contributed by atoms with van der Waals surface area (Å²) in [6.07, 6.45) is 10.3. The van der Waals surface area contributed by atoms with Gasteiger partial charge in [-0.05, 0) is 80.5 Å². The molecule has 0 atom stereocenters. The quantitative estimate of drug-likeness (QED) is 0.0661. The van der Waals surface area contributed by atoms with Crippen LogP contribution < -0.4 is 0 Å². The normalized spacial score (nSPS) is 13.2. The number of halogens is 1. The van der Waals surface area contributed by atoms with E-state index in [2.05, 4.69) is 79.5 Å². The number of fused-ring (bicyclic) bond motifs is 6. The molecule has 5 aromatic rings. The summed E-state index contributed by atoms with van der Waals surface area (Å²) in [6.45, 7) is 11.9. The maximum absolute atomic E-state index is 14.0. The first-order chi connectivity index (χ1) is 22.6. The SMILES string of the molecule is CC(C)C(=O)/C=C(\O)C(C)C.CCCCC1(CCCC)c2ccccc2-c2cc3ccc4c(-c5[c-]ccc(F)c5)nccc4c3cc21.[Ir]. The van der Waals surface area contributed by atoms with E-state index < -0.39 is 0 Å². The van der Waals surface area contributed by atoms with Gasteiger partial charge in [0.15, 0.2) is 5.78 Å². The van der Waals surface area contributed by atoms with Crippen LogP contribution in [0.4, 0.5) is 4.39 Å². The molecule has 0 spiro atoms. The largest absolute Gasteiger partial charge is 0.512 e. The summed E-state index contributed by atoms with van der Waals surface area (Å²) in [5, 5.41) is 13.9.